The minimum Gasteiger partial charge on any atom is -0.489 e. The monoisotopic (exact) mass is 500 g/mol. The molecule has 5 heteroatoms. The average molecular weight is 501 g/mol. The maximum absolute atomic E-state index is 12.4. The van der Waals surface area contributed by atoms with Gasteiger partial charge in [0.1, 0.15) is 11.9 Å². The van der Waals surface area contributed by atoms with Gasteiger partial charge in [-0.3, -0.25) is 4.79 Å². The number of ether oxygens (including phenoxy) is 1. The number of carbonyl (C=O) groups is 1. The van der Waals surface area contributed by atoms with Gasteiger partial charge in [0.25, 0.3) is 5.91 Å². The van der Waals surface area contributed by atoms with Gasteiger partial charge in [-0.15, -0.1) is 12.4 Å². The topological polar surface area (TPSA) is 50.4 Å². The summed E-state index contributed by atoms with van der Waals surface area (Å²) in [5, 5.41) is 9.03. The average Bonchev–Trinajstić information content (AvgIpc) is 2.90. The molecule has 0 aliphatic carbocycles. The zero-order valence-electron chi connectivity index (χ0n) is 21.0. The summed E-state index contributed by atoms with van der Waals surface area (Å²) in [7, 11) is 1.68. The Morgan fingerprint density at radius 3 is 2.58 bits per heavy atom. The SMILES string of the molecule is CNC(=O)c1cc([C@@H]2C[C@H](CNC(C)c3cccc4ccccc34)Oc3ccccc32)ccc1C.Cl. The molecule has 5 rings (SSSR count). The molecule has 3 atom stereocenters. The van der Waals surface area contributed by atoms with E-state index < -0.39 is 0 Å². The summed E-state index contributed by atoms with van der Waals surface area (Å²) in [6.07, 6.45) is 0.875. The number of hydrogen-bond acceptors (Lipinski definition) is 3. The molecule has 4 aromatic carbocycles. The first-order valence-electron chi connectivity index (χ1n) is 12.3. The van der Waals surface area contributed by atoms with Crippen LogP contribution in [0.2, 0.25) is 0 Å². The zero-order valence-corrected chi connectivity index (χ0v) is 21.8. The number of hydrogen-bond donors (Lipinski definition) is 2. The highest BCUT2D eigenvalue weighted by Crippen LogP contribution is 2.40. The van der Waals surface area contributed by atoms with E-state index in [0.717, 1.165) is 35.4 Å². The van der Waals surface area contributed by atoms with Crippen molar-refractivity contribution in [2.45, 2.75) is 38.3 Å². The summed E-state index contributed by atoms with van der Waals surface area (Å²) in [6, 6.07) is 29.7. The number of rotatable bonds is 6. The van der Waals surface area contributed by atoms with Crippen molar-refractivity contribution in [3.05, 3.63) is 113 Å². The molecule has 0 aromatic heterocycles. The Hall–Kier alpha value is -3.34. The summed E-state index contributed by atoms with van der Waals surface area (Å²) in [6.45, 7) is 4.93. The molecular weight excluding hydrogens is 468 g/mol. The van der Waals surface area contributed by atoms with Crippen molar-refractivity contribution in [2.24, 2.45) is 0 Å². The van der Waals surface area contributed by atoms with Gasteiger partial charge >= 0.3 is 0 Å². The lowest BCUT2D eigenvalue weighted by Crippen LogP contribution is -2.37. The van der Waals surface area contributed by atoms with Gasteiger partial charge in [0, 0.05) is 36.7 Å². The first-order chi connectivity index (χ1) is 17.0. The van der Waals surface area contributed by atoms with Crippen LogP contribution in [0, 0.1) is 6.92 Å². The van der Waals surface area contributed by atoms with E-state index in [9.17, 15) is 4.79 Å². The molecule has 36 heavy (non-hydrogen) atoms. The van der Waals surface area contributed by atoms with Crippen LogP contribution in [0.1, 0.15) is 57.9 Å². The molecule has 0 spiro atoms. The Bertz CT molecular complexity index is 1360. The van der Waals surface area contributed by atoms with Gasteiger partial charge in [0.15, 0.2) is 0 Å². The number of nitrogens with one attached hydrogen (secondary N) is 2. The predicted octanol–water partition coefficient (Wildman–Crippen LogP) is 6.56. The van der Waals surface area contributed by atoms with E-state index in [1.807, 2.05) is 25.1 Å². The van der Waals surface area contributed by atoms with Gasteiger partial charge in [0.2, 0.25) is 0 Å². The van der Waals surface area contributed by atoms with E-state index in [2.05, 4.69) is 84.3 Å². The van der Waals surface area contributed by atoms with E-state index in [0.29, 0.717) is 0 Å². The fraction of sp³-hybridized carbons (Fsp3) is 0.258. The van der Waals surface area contributed by atoms with Crippen LogP contribution in [0.4, 0.5) is 0 Å². The largest absolute Gasteiger partial charge is 0.489 e. The second kappa shape index (κ2) is 11.2. The van der Waals surface area contributed by atoms with Gasteiger partial charge in [-0.05, 0) is 59.9 Å². The summed E-state index contributed by atoms with van der Waals surface area (Å²) < 4.78 is 6.44. The molecular formula is C31H33ClN2O2. The molecule has 0 saturated heterocycles. The van der Waals surface area contributed by atoms with E-state index in [1.165, 1.54) is 21.9 Å². The highest BCUT2D eigenvalue weighted by molar-refractivity contribution is 5.95. The molecule has 4 nitrogen and oxygen atoms in total. The molecule has 1 unspecified atom stereocenters. The van der Waals surface area contributed by atoms with Crippen molar-refractivity contribution in [3.8, 4) is 5.75 Å². The first kappa shape index (κ1) is 25.7. The molecule has 1 aliphatic heterocycles. The number of halogens is 1. The van der Waals surface area contributed by atoms with Crippen LogP contribution in [0.3, 0.4) is 0 Å². The smallest absolute Gasteiger partial charge is 0.251 e. The Morgan fingerprint density at radius 2 is 1.75 bits per heavy atom. The van der Waals surface area contributed by atoms with Crippen LogP contribution in [-0.2, 0) is 0 Å². The van der Waals surface area contributed by atoms with Gasteiger partial charge < -0.3 is 15.4 Å². The van der Waals surface area contributed by atoms with Crippen LogP contribution in [-0.4, -0.2) is 25.6 Å². The van der Waals surface area contributed by atoms with Crippen molar-refractivity contribution in [2.75, 3.05) is 13.6 Å². The van der Waals surface area contributed by atoms with E-state index >= 15 is 0 Å². The Kier molecular flexibility index (Phi) is 7.97. The maximum atomic E-state index is 12.4. The second-order valence-corrected chi connectivity index (χ2v) is 9.42. The van der Waals surface area contributed by atoms with Crippen LogP contribution in [0.25, 0.3) is 10.8 Å². The Balaban J connectivity index is 0.00000304. The lowest BCUT2D eigenvalue weighted by Gasteiger charge is -2.33. The molecule has 1 amide bonds. The molecule has 0 radical (unpaired) electrons. The van der Waals surface area contributed by atoms with Gasteiger partial charge in [-0.25, -0.2) is 0 Å². The third-order valence-corrected chi connectivity index (χ3v) is 7.16. The molecule has 2 N–H and O–H groups in total. The van der Waals surface area contributed by atoms with Gasteiger partial charge in [-0.1, -0.05) is 72.8 Å². The Labute approximate surface area is 219 Å². The number of amides is 1. The third-order valence-electron chi connectivity index (χ3n) is 7.16. The quantitative estimate of drug-likeness (QED) is 0.315. The van der Waals surface area contributed by atoms with Crippen molar-refractivity contribution in [1.82, 2.24) is 10.6 Å². The van der Waals surface area contributed by atoms with Crippen molar-refractivity contribution < 1.29 is 9.53 Å². The molecule has 0 bridgehead atoms. The molecule has 1 aliphatic rings. The third kappa shape index (κ3) is 5.11. The lowest BCUT2D eigenvalue weighted by molar-refractivity contribution is 0.0962. The highest BCUT2D eigenvalue weighted by atomic mass is 35.5. The summed E-state index contributed by atoms with van der Waals surface area (Å²) in [4.78, 5) is 12.4. The van der Waals surface area contributed by atoms with Crippen molar-refractivity contribution in [3.63, 3.8) is 0 Å². The second-order valence-electron chi connectivity index (χ2n) is 9.42. The standard InChI is InChI=1S/C31H32N2O2.ClH/c1-20-15-16-23(17-28(20)31(34)32-3)29-18-24(35-30-14-7-6-12-27(29)30)19-33-21(2)25-13-8-10-22-9-4-5-11-26(22)25;/h4-17,21,24,29,33H,18-19H2,1-3H3,(H,32,34);1H/t21?,24-,29+;/m1./s1. The number of fused-ring (bicyclic) bond motifs is 2. The van der Waals surface area contributed by atoms with Crippen LogP contribution in [0.5, 0.6) is 5.75 Å². The molecule has 1 heterocycles. The van der Waals surface area contributed by atoms with Crippen molar-refractivity contribution in [1.29, 1.82) is 0 Å². The normalized spacial score (nSPS) is 17.4. The van der Waals surface area contributed by atoms with E-state index in [1.54, 1.807) is 7.05 Å². The minimum absolute atomic E-state index is 0. The summed E-state index contributed by atoms with van der Waals surface area (Å²) in [5.74, 6) is 1.05. The fourth-order valence-corrected chi connectivity index (χ4v) is 5.22. The highest BCUT2D eigenvalue weighted by Gasteiger charge is 2.30. The summed E-state index contributed by atoms with van der Waals surface area (Å²) >= 11 is 0. The maximum Gasteiger partial charge on any atom is 0.251 e. The number of benzene rings is 4. The lowest BCUT2D eigenvalue weighted by atomic mass is 9.83. The molecule has 0 saturated carbocycles. The van der Waals surface area contributed by atoms with Crippen LogP contribution in [0.15, 0.2) is 84.9 Å². The van der Waals surface area contributed by atoms with Gasteiger partial charge in [0.05, 0.1) is 0 Å². The zero-order chi connectivity index (χ0) is 24.4. The predicted molar refractivity (Wildman–Crippen MR) is 150 cm³/mol. The van der Waals surface area contributed by atoms with Crippen LogP contribution < -0.4 is 15.4 Å². The van der Waals surface area contributed by atoms with Gasteiger partial charge in [-0.2, -0.15) is 0 Å². The number of carbonyl (C=O) groups excluding carboxylic acids is 1. The molecule has 4 aromatic rings. The molecule has 186 valence electrons. The van der Waals surface area contributed by atoms with Crippen molar-refractivity contribution >= 4 is 29.1 Å². The molecule has 0 fully saturated rings. The minimum atomic E-state index is -0.0492. The van der Waals surface area contributed by atoms with E-state index in [4.69, 9.17) is 4.74 Å². The van der Waals surface area contributed by atoms with Crippen LogP contribution >= 0.6 is 12.4 Å². The Morgan fingerprint density at radius 1 is 1.00 bits per heavy atom. The number of para-hydroxylation sites is 1. The number of aryl methyl sites for hydroxylation is 1. The first-order valence-corrected chi connectivity index (χ1v) is 12.3. The fourth-order valence-electron chi connectivity index (χ4n) is 5.22. The van der Waals surface area contributed by atoms with E-state index in [-0.39, 0.29) is 36.4 Å². The summed E-state index contributed by atoms with van der Waals surface area (Å²) in [5.41, 5.74) is 5.34.